The standard InChI is InChI=1S/C15H21N3O/c16-13-6-4-12(5-7-13)15(19)18-10-9-17-8-2-1-3-14(17)11-18/h4-7,14H,1-3,8-11,16H2. The largest absolute Gasteiger partial charge is 0.399 e. The zero-order valence-electron chi connectivity index (χ0n) is 11.2. The molecule has 2 aliphatic heterocycles. The van der Waals surface area contributed by atoms with Crippen molar-refractivity contribution in [3.63, 3.8) is 0 Å². The van der Waals surface area contributed by atoms with Crippen molar-refractivity contribution in [3.8, 4) is 0 Å². The van der Waals surface area contributed by atoms with E-state index in [9.17, 15) is 4.79 Å². The smallest absolute Gasteiger partial charge is 0.253 e. The number of nitrogens with zero attached hydrogens (tertiary/aromatic N) is 2. The Labute approximate surface area is 114 Å². The van der Waals surface area contributed by atoms with E-state index in [-0.39, 0.29) is 5.91 Å². The first-order valence-corrected chi connectivity index (χ1v) is 7.13. The molecule has 2 aliphatic rings. The maximum absolute atomic E-state index is 12.5. The summed E-state index contributed by atoms with van der Waals surface area (Å²) in [6, 6.07) is 7.81. The van der Waals surface area contributed by atoms with Crippen LogP contribution in [0.25, 0.3) is 0 Å². The van der Waals surface area contributed by atoms with Crippen molar-refractivity contribution in [1.82, 2.24) is 9.80 Å². The Morgan fingerprint density at radius 3 is 2.68 bits per heavy atom. The number of anilines is 1. The summed E-state index contributed by atoms with van der Waals surface area (Å²) >= 11 is 0. The Morgan fingerprint density at radius 2 is 1.89 bits per heavy atom. The van der Waals surface area contributed by atoms with E-state index in [1.165, 1.54) is 25.8 Å². The molecule has 1 amide bonds. The lowest BCUT2D eigenvalue weighted by Gasteiger charge is -2.44. The lowest BCUT2D eigenvalue weighted by molar-refractivity contribution is 0.0372. The molecule has 1 aromatic rings. The summed E-state index contributed by atoms with van der Waals surface area (Å²) in [4.78, 5) is 17.0. The maximum atomic E-state index is 12.5. The summed E-state index contributed by atoms with van der Waals surface area (Å²) in [6.07, 6.45) is 3.83. The molecule has 102 valence electrons. The summed E-state index contributed by atoms with van der Waals surface area (Å²) in [5, 5.41) is 0. The van der Waals surface area contributed by atoms with Crippen molar-refractivity contribution in [2.75, 3.05) is 31.9 Å². The Hall–Kier alpha value is -1.55. The number of rotatable bonds is 1. The highest BCUT2D eigenvalue weighted by Crippen LogP contribution is 2.22. The molecule has 0 saturated carbocycles. The fourth-order valence-electron chi connectivity index (χ4n) is 3.15. The molecule has 0 aromatic heterocycles. The molecule has 2 heterocycles. The summed E-state index contributed by atoms with van der Waals surface area (Å²) in [5.41, 5.74) is 7.11. The average Bonchev–Trinajstić information content (AvgIpc) is 2.47. The first-order chi connectivity index (χ1) is 9.24. The van der Waals surface area contributed by atoms with Gasteiger partial charge in [-0.1, -0.05) is 6.42 Å². The number of benzene rings is 1. The van der Waals surface area contributed by atoms with E-state index in [1.807, 2.05) is 17.0 Å². The van der Waals surface area contributed by atoms with E-state index >= 15 is 0 Å². The second-order valence-electron chi connectivity index (χ2n) is 5.56. The van der Waals surface area contributed by atoms with Gasteiger partial charge in [0, 0.05) is 36.9 Å². The fraction of sp³-hybridized carbons (Fsp3) is 0.533. The highest BCUT2D eigenvalue weighted by Gasteiger charge is 2.31. The third-order valence-electron chi connectivity index (χ3n) is 4.28. The topological polar surface area (TPSA) is 49.6 Å². The quantitative estimate of drug-likeness (QED) is 0.779. The third-order valence-corrected chi connectivity index (χ3v) is 4.28. The highest BCUT2D eigenvalue weighted by atomic mass is 16.2. The number of nitrogens with two attached hydrogens (primary N) is 1. The van der Waals surface area contributed by atoms with Crippen LogP contribution in [-0.4, -0.2) is 47.9 Å². The molecule has 2 saturated heterocycles. The zero-order chi connectivity index (χ0) is 13.2. The van der Waals surface area contributed by atoms with Crippen LogP contribution in [0.3, 0.4) is 0 Å². The minimum absolute atomic E-state index is 0.144. The Balaban J connectivity index is 1.69. The minimum Gasteiger partial charge on any atom is -0.399 e. The molecule has 1 atom stereocenters. The number of amides is 1. The van der Waals surface area contributed by atoms with E-state index in [0.29, 0.717) is 11.7 Å². The summed E-state index contributed by atoms with van der Waals surface area (Å²) < 4.78 is 0. The van der Waals surface area contributed by atoms with Gasteiger partial charge in [0.05, 0.1) is 0 Å². The van der Waals surface area contributed by atoms with Crippen molar-refractivity contribution in [2.45, 2.75) is 25.3 Å². The van der Waals surface area contributed by atoms with Gasteiger partial charge < -0.3 is 10.6 Å². The third kappa shape index (κ3) is 2.59. The van der Waals surface area contributed by atoms with Gasteiger partial charge in [0.1, 0.15) is 0 Å². The van der Waals surface area contributed by atoms with Gasteiger partial charge in [0.25, 0.3) is 5.91 Å². The van der Waals surface area contributed by atoms with Gasteiger partial charge in [-0.3, -0.25) is 9.69 Å². The average molecular weight is 259 g/mol. The second-order valence-corrected chi connectivity index (χ2v) is 5.56. The Morgan fingerprint density at radius 1 is 1.11 bits per heavy atom. The van der Waals surface area contributed by atoms with Crippen molar-refractivity contribution in [3.05, 3.63) is 29.8 Å². The van der Waals surface area contributed by atoms with Gasteiger partial charge in [0.2, 0.25) is 0 Å². The number of hydrogen-bond acceptors (Lipinski definition) is 3. The van der Waals surface area contributed by atoms with Gasteiger partial charge in [0.15, 0.2) is 0 Å². The van der Waals surface area contributed by atoms with Crippen LogP contribution in [0.4, 0.5) is 5.69 Å². The Kier molecular flexibility index (Phi) is 3.42. The number of carbonyl (C=O) groups is 1. The molecule has 0 spiro atoms. The normalized spacial score (nSPS) is 24.0. The van der Waals surface area contributed by atoms with Gasteiger partial charge >= 0.3 is 0 Å². The number of fused-ring (bicyclic) bond motifs is 1. The minimum atomic E-state index is 0.144. The SMILES string of the molecule is Nc1ccc(C(=O)N2CCN3CCCCC3C2)cc1. The first kappa shape index (κ1) is 12.5. The predicted molar refractivity (Wildman–Crippen MR) is 76.0 cm³/mol. The predicted octanol–water partition coefficient (Wildman–Crippen LogP) is 1.58. The van der Waals surface area contributed by atoms with Crippen LogP contribution < -0.4 is 5.73 Å². The molecular formula is C15H21N3O. The molecule has 0 aliphatic carbocycles. The number of hydrogen-bond donors (Lipinski definition) is 1. The summed E-state index contributed by atoms with van der Waals surface area (Å²) in [7, 11) is 0. The fourth-order valence-corrected chi connectivity index (χ4v) is 3.15. The number of carbonyl (C=O) groups excluding carboxylic acids is 1. The van der Waals surface area contributed by atoms with Crippen LogP contribution in [0.1, 0.15) is 29.6 Å². The van der Waals surface area contributed by atoms with Crippen LogP contribution in [-0.2, 0) is 0 Å². The molecule has 19 heavy (non-hydrogen) atoms. The van der Waals surface area contributed by atoms with Crippen molar-refractivity contribution < 1.29 is 4.79 Å². The highest BCUT2D eigenvalue weighted by molar-refractivity contribution is 5.94. The van der Waals surface area contributed by atoms with E-state index in [4.69, 9.17) is 5.73 Å². The molecule has 0 radical (unpaired) electrons. The molecule has 1 aromatic carbocycles. The van der Waals surface area contributed by atoms with E-state index < -0.39 is 0 Å². The molecule has 1 unspecified atom stereocenters. The Bertz CT molecular complexity index is 457. The lowest BCUT2D eigenvalue weighted by atomic mass is 9.99. The molecule has 0 bridgehead atoms. The van der Waals surface area contributed by atoms with E-state index in [1.54, 1.807) is 12.1 Å². The zero-order valence-corrected chi connectivity index (χ0v) is 11.2. The number of nitrogen functional groups attached to an aromatic ring is 1. The van der Waals surface area contributed by atoms with Crippen molar-refractivity contribution in [2.24, 2.45) is 0 Å². The lowest BCUT2D eigenvalue weighted by Crippen LogP contribution is -2.56. The molecule has 2 fully saturated rings. The van der Waals surface area contributed by atoms with Crippen LogP contribution in [0.2, 0.25) is 0 Å². The molecule has 2 N–H and O–H groups in total. The van der Waals surface area contributed by atoms with Gasteiger partial charge in [-0.15, -0.1) is 0 Å². The van der Waals surface area contributed by atoms with Crippen LogP contribution in [0, 0.1) is 0 Å². The van der Waals surface area contributed by atoms with Gasteiger partial charge in [-0.2, -0.15) is 0 Å². The van der Waals surface area contributed by atoms with Crippen molar-refractivity contribution in [1.29, 1.82) is 0 Å². The molecular weight excluding hydrogens is 238 g/mol. The number of piperazine rings is 1. The van der Waals surface area contributed by atoms with E-state index in [2.05, 4.69) is 4.90 Å². The van der Waals surface area contributed by atoms with E-state index in [0.717, 1.165) is 25.2 Å². The summed E-state index contributed by atoms with van der Waals surface area (Å²) in [5.74, 6) is 0.144. The maximum Gasteiger partial charge on any atom is 0.253 e. The van der Waals surface area contributed by atoms with Crippen molar-refractivity contribution >= 4 is 11.6 Å². The van der Waals surface area contributed by atoms with Crippen LogP contribution >= 0.6 is 0 Å². The number of piperidine rings is 1. The summed E-state index contributed by atoms with van der Waals surface area (Å²) in [6.45, 7) is 3.95. The first-order valence-electron chi connectivity index (χ1n) is 7.13. The second kappa shape index (κ2) is 5.21. The van der Waals surface area contributed by atoms with Crippen LogP contribution in [0.5, 0.6) is 0 Å². The van der Waals surface area contributed by atoms with Gasteiger partial charge in [-0.25, -0.2) is 0 Å². The monoisotopic (exact) mass is 259 g/mol. The molecule has 4 nitrogen and oxygen atoms in total. The van der Waals surface area contributed by atoms with Crippen LogP contribution in [0.15, 0.2) is 24.3 Å². The molecule has 4 heteroatoms. The van der Waals surface area contributed by atoms with Gasteiger partial charge in [-0.05, 0) is 43.7 Å². The molecule has 3 rings (SSSR count).